The van der Waals surface area contributed by atoms with Gasteiger partial charge in [-0.1, -0.05) is 23.2 Å². The highest BCUT2D eigenvalue weighted by Crippen LogP contribution is 2.34. The summed E-state index contributed by atoms with van der Waals surface area (Å²) in [6, 6.07) is 1.90. The van der Waals surface area contributed by atoms with Gasteiger partial charge >= 0.3 is 0 Å². The van der Waals surface area contributed by atoms with Crippen LogP contribution in [0.3, 0.4) is 0 Å². The van der Waals surface area contributed by atoms with Crippen molar-refractivity contribution < 1.29 is 4.84 Å². The van der Waals surface area contributed by atoms with Crippen molar-refractivity contribution in [1.82, 2.24) is 5.48 Å². The van der Waals surface area contributed by atoms with Gasteiger partial charge in [0.05, 0.1) is 21.8 Å². The van der Waals surface area contributed by atoms with Gasteiger partial charge in [-0.25, -0.2) is 0 Å². The van der Waals surface area contributed by atoms with Crippen LogP contribution in [0.25, 0.3) is 0 Å². The summed E-state index contributed by atoms with van der Waals surface area (Å²) in [5.74, 6) is 0. The smallest absolute Gasteiger partial charge is 0.0992 e. The van der Waals surface area contributed by atoms with E-state index in [0.29, 0.717) is 8.67 Å². The lowest BCUT2D eigenvalue weighted by Gasteiger charge is -2.09. The first kappa shape index (κ1) is 10.3. The summed E-state index contributed by atoms with van der Waals surface area (Å²) in [6.45, 7) is 1.95. The van der Waals surface area contributed by atoms with E-state index in [1.165, 1.54) is 11.3 Å². The number of thiophene rings is 1. The van der Waals surface area contributed by atoms with E-state index >= 15 is 0 Å². The zero-order valence-electron chi connectivity index (χ0n) is 6.73. The molecule has 1 heterocycles. The fraction of sp³-hybridized carbons (Fsp3) is 0.429. The van der Waals surface area contributed by atoms with Gasteiger partial charge in [0.15, 0.2) is 0 Å². The van der Waals surface area contributed by atoms with Crippen LogP contribution in [-0.2, 0) is 4.84 Å². The molecule has 0 fully saturated rings. The van der Waals surface area contributed by atoms with Crippen LogP contribution in [0.1, 0.15) is 18.5 Å². The number of rotatable bonds is 3. The van der Waals surface area contributed by atoms with Gasteiger partial charge in [-0.3, -0.25) is 0 Å². The largest absolute Gasteiger partial charge is 0.305 e. The molecular formula is C7H9Cl2NOS. The maximum absolute atomic E-state index is 5.91. The van der Waals surface area contributed by atoms with E-state index in [2.05, 4.69) is 5.48 Å². The molecule has 0 aliphatic heterocycles. The molecule has 0 aliphatic rings. The predicted molar refractivity (Wildman–Crippen MR) is 52.9 cm³/mol. The Bertz CT molecular complexity index is 264. The summed E-state index contributed by atoms with van der Waals surface area (Å²) in [5, 5.41) is 0. The molecule has 1 atom stereocenters. The third kappa shape index (κ3) is 2.34. The second-order valence-corrected chi connectivity index (χ2v) is 4.61. The third-order valence-corrected chi connectivity index (χ3v) is 2.96. The lowest BCUT2D eigenvalue weighted by atomic mass is 10.2. The van der Waals surface area contributed by atoms with Crippen molar-refractivity contribution in [3.05, 3.63) is 20.3 Å². The zero-order chi connectivity index (χ0) is 9.14. The van der Waals surface area contributed by atoms with Gasteiger partial charge in [0.2, 0.25) is 0 Å². The van der Waals surface area contributed by atoms with Crippen LogP contribution in [0.15, 0.2) is 6.07 Å². The van der Waals surface area contributed by atoms with E-state index in [9.17, 15) is 0 Å². The van der Waals surface area contributed by atoms with Gasteiger partial charge in [-0.05, 0) is 13.0 Å². The van der Waals surface area contributed by atoms with E-state index in [-0.39, 0.29) is 6.04 Å². The molecule has 0 saturated heterocycles. The van der Waals surface area contributed by atoms with Crippen molar-refractivity contribution in [3.8, 4) is 0 Å². The molecule has 0 aliphatic carbocycles. The highest BCUT2D eigenvalue weighted by atomic mass is 35.5. The van der Waals surface area contributed by atoms with Gasteiger partial charge < -0.3 is 4.84 Å². The van der Waals surface area contributed by atoms with Gasteiger partial charge in [0.1, 0.15) is 0 Å². The molecule has 2 nitrogen and oxygen atoms in total. The fourth-order valence-corrected chi connectivity index (χ4v) is 2.53. The van der Waals surface area contributed by atoms with Crippen LogP contribution in [0.2, 0.25) is 8.67 Å². The average Bonchev–Trinajstić information content (AvgIpc) is 2.30. The van der Waals surface area contributed by atoms with Gasteiger partial charge in [-0.2, -0.15) is 5.48 Å². The third-order valence-electron chi connectivity index (χ3n) is 1.44. The van der Waals surface area contributed by atoms with Crippen LogP contribution in [0.4, 0.5) is 0 Å². The molecule has 0 saturated carbocycles. The summed E-state index contributed by atoms with van der Waals surface area (Å²) >= 11 is 13.0. The molecule has 1 aromatic heterocycles. The van der Waals surface area contributed by atoms with Crippen molar-refractivity contribution in [2.24, 2.45) is 0 Å². The Morgan fingerprint density at radius 2 is 2.25 bits per heavy atom. The summed E-state index contributed by atoms with van der Waals surface area (Å²) in [6.07, 6.45) is 0. The molecule has 12 heavy (non-hydrogen) atoms. The Labute approximate surface area is 85.4 Å². The maximum Gasteiger partial charge on any atom is 0.0992 e. The standard InChI is InChI=1S/C7H9Cl2NOS/c1-4(10-11-2)5-3-6(8)12-7(5)9/h3-4,10H,1-2H3. The first-order valence-electron chi connectivity index (χ1n) is 3.38. The Morgan fingerprint density at radius 3 is 2.67 bits per heavy atom. The molecule has 5 heteroatoms. The van der Waals surface area contributed by atoms with Crippen LogP contribution < -0.4 is 5.48 Å². The Balaban J connectivity index is 2.79. The molecule has 0 radical (unpaired) electrons. The summed E-state index contributed by atoms with van der Waals surface area (Å²) in [4.78, 5) is 4.78. The lowest BCUT2D eigenvalue weighted by Crippen LogP contribution is -2.16. The van der Waals surface area contributed by atoms with Crippen molar-refractivity contribution in [1.29, 1.82) is 0 Å². The highest BCUT2D eigenvalue weighted by molar-refractivity contribution is 7.20. The first-order valence-corrected chi connectivity index (χ1v) is 4.95. The number of nitrogens with one attached hydrogen (secondary N) is 1. The van der Waals surface area contributed by atoms with E-state index in [1.807, 2.05) is 13.0 Å². The van der Waals surface area contributed by atoms with Crippen molar-refractivity contribution in [3.63, 3.8) is 0 Å². The van der Waals surface area contributed by atoms with E-state index in [1.54, 1.807) is 7.11 Å². The van der Waals surface area contributed by atoms with Crippen LogP contribution in [0, 0.1) is 0 Å². The quantitative estimate of drug-likeness (QED) is 0.798. The monoisotopic (exact) mass is 225 g/mol. The van der Waals surface area contributed by atoms with E-state index in [0.717, 1.165) is 5.56 Å². The van der Waals surface area contributed by atoms with Crippen LogP contribution in [-0.4, -0.2) is 7.11 Å². The van der Waals surface area contributed by atoms with Crippen LogP contribution >= 0.6 is 34.5 Å². The van der Waals surface area contributed by atoms with Gasteiger partial charge in [0, 0.05) is 5.56 Å². The minimum atomic E-state index is 0.0613. The van der Waals surface area contributed by atoms with E-state index in [4.69, 9.17) is 28.0 Å². The van der Waals surface area contributed by atoms with Crippen molar-refractivity contribution >= 4 is 34.5 Å². The molecule has 0 bridgehead atoms. The Morgan fingerprint density at radius 1 is 1.58 bits per heavy atom. The second-order valence-electron chi connectivity index (χ2n) is 2.32. The minimum Gasteiger partial charge on any atom is -0.305 e. The average molecular weight is 226 g/mol. The normalized spacial score (nSPS) is 13.3. The maximum atomic E-state index is 5.91. The Hall–Kier alpha value is 0.200. The molecule has 0 aromatic carbocycles. The summed E-state index contributed by atoms with van der Waals surface area (Å²) < 4.78 is 1.40. The van der Waals surface area contributed by atoms with Crippen LogP contribution in [0.5, 0.6) is 0 Å². The molecule has 1 aromatic rings. The lowest BCUT2D eigenvalue weighted by molar-refractivity contribution is 0.0660. The molecule has 1 N–H and O–H groups in total. The highest BCUT2D eigenvalue weighted by Gasteiger charge is 2.12. The molecule has 68 valence electrons. The SMILES string of the molecule is CONC(C)c1cc(Cl)sc1Cl. The summed E-state index contributed by atoms with van der Waals surface area (Å²) in [7, 11) is 1.57. The topological polar surface area (TPSA) is 21.3 Å². The van der Waals surface area contributed by atoms with Gasteiger partial charge in [-0.15, -0.1) is 11.3 Å². The predicted octanol–water partition coefficient (Wildman–Crippen LogP) is 3.27. The molecule has 1 unspecified atom stereocenters. The number of hydroxylamine groups is 1. The van der Waals surface area contributed by atoms with E-state index < -0.39 is 0 Å². The first-order chi connectivity index (χ1) is 5.65. The molecule has 0 spiro atoms. The fourth-order valence-electron chi connectivity index (χ4n) is 0.888. The summed E-state index contributed by atoms with van der Waals surface area (Å²) in [5.41, 5.74) is 3.75. The Kier molecular flexibility index (Phi) is 3.80. The molecular weight excluding hydrogens is 217 g/mol. The molecule has 1 rings (SSSR count). The number of hydrogen-bond acceptors (Lipinski definition) is 3. The number of halogens is 2. The second kappa shape index (κ2) is 4.44. The molecule has 0 amide bonds. The zero-order valence-corrected chi connectivity index (χ0v) is 9.06. The minimum absolute atomic E-state index is 0.0613. The van der Waals surface area contributed by atoms with Crippen molar-refractivity contribution in [2.45, 2.75) is 13.0 Å². The van der Waals surface area contributed by atoms with Gasteiger partial charge in [0.25, 0.3) is 0 Å². The number of hydrogen-bond donors (Lipinski definition) is 1. The van der Waals surface area contributed by atoms with Crippen molar-refractivity contribution in [2.75, 3.05) is 7.11 Å².